The summed E-state index contributed by atoms with van der Waals surface area (Å²) in [5.74, 6) is -20.2. The molecule has 0 amide bonds. The van der Waals surface area contributed by atoms with Crippen molar-refractivity contribution < 1.29 is 44.3 Å². The first kappa shape index (κ1) is 20.1. The average Bonchev–Trinajstić information content (AvgIpc) is 2.26. The van der Waals surface area contributed by atoms with Crippen LogP contribution in [0.1, 0.15) is 13.3 Å². The Morgan fingerprint density at radius 2 is 1.38 bits per heavy atom. The summed E-state index contributed by atoms with van der Waals surface area (Å²) >= 11 is 0.0677. The maximum atomic E-state index is 13.0. The van der Waals surface area contributed by atoms with Gasteiger partial charge in [-0.2, -0.15) is 39.5 Å². The lowest BCUT2D eigenvalue weighted by atomic mass is 10.0. The molecule has 124 valence electrons. The number of hydrogen-bond acceptors (Lipinski definition) is 2. The Morgan fingerprint density at radius 1 is 0.952 bits per heavy atom. The highest BCUT2D eigenvalue weighted by atomic mass is 32.2. The van der Waals surface area contributed by atoms with Crippen molar-refractivity contribution in [1.29, 1.82) is 0 Å². The van der Waals surface area contributed by atoms with E-state index >= 15 is 0 Å². The van der Waals surface area contributed by atoms with Crippen molar-refractivity contribution in [2.45, 2.75) is 37.3 Å². The molecule has 0 saturated carbocycles. The van der Waals surface area contributed by atoms with E-state index in [0.717, 1.165) is 0 Å². The van der Waals surface area contributed by atoms with Gasteiger partial charge in [0.05, 0.1) is 0 Å². The monoisotopic (exact) mass is 348 g/mol. The number of carbonyl (C=O) groups is 1. The number of alkyl halides is 9. The van der Waals surface area contributed by atoms with Crippen LogP contribution >= 0.6 is 11.8 Å². The molecule has 0 spiro atoms. The third kappa shape index (κ3) is 4.07. The van der Waals surface area contributed by atoms with Gasteiger partial charge in [0.2, 0.25) is 5.12 Å². The van der Waals surface area contributed by atoms with E-state index in [2.05, 4.69) is 6.58 Å². The number of hydrogen-bond donors (Lipinski definition) is 0. The largest absolute Gasteiger partial charge is 0.460 e. The minimum Gasteiger partial charge on any atom is -0.282 e. The number of thioether (sulfide) groups is 1. The van der Waals surface area contributed by atoms with E-state index in [0.29, 0.717) is 0 Å². The number of halogens is 9. The number of carbonyl (C=O) groups excluding carboxylic acids is 1. The second-order valence-electron chi connectivity index (χ2n) is 4.02. The lowest BCUT2D eigenvalue weighted by Gasteiger charge is -2.33. The van der Waals surface area contributed by atoms with Gasteiger partial charge in [-0.1, -0.05) is 18.3 Å². The predicted molar refractivity (Wildman–Crippen MR) is 57.8 cm³/mol. The van der Waals surface area contributed by atoms with E-state index in [1.807, 2.05) is 0 Å². The van der Waals surface area contributed by atoms with Crippen LogP contribution in [0.2, 0.25) is 0 Å². The minimum absolute atomic E-state index is 0.0677. The molecule has 0 heterocycles. The molecule has 0 fully saturated rings. The van der Waals surface area contributed by atoms with Gasteiger partial charge in [0.15, 0.2) is 0 Å². The highest BCUT2D eigenvalue weighted by Crippen LogP contribution is 2.54. The summed E-state index contributed by atoms with van der Waals surface area (Å²) in [6.07, 6.45) is -8.87. The van der Waals surface area contributed by atoms with Crippen molar-refractivity contribution in [3.05, 3.63) is 12.2 Å². The molecular weight excluding hydrogens is 339 g/mol. The molecule has 0 radical (unpaired) electrons. The van der Waals surface area contributed by atoms with Crippen molar-refractivity contribution >= 4 is 16.9 Å². The molecule has 0 aromatic carbocycles. The average molecular weight is 348 g/mol. The zero-order valence-corrected chi connectivity index (χ0v) is 11.2. The van der Waals surface area contributed by atoms with E-state index in [1.165, 1.54) is 6.92 Å². The molecule has 0 aliphatic rings. The Kier molecular flexibility index (Phi) is 5.84. The summed E-state index contributed by atoms with van der Waals surface area (Å²) in [6, 6.07) is 0. The van der Waals surface area contributed by atoms with Gasteiger partial charge in [-0.05, 0) is 12.5 Å². The first-order valence-corrected chi connectivity index (χ1v) is 6.09. The zero-order valence-electron chi connectivity index (χ0n) is 10.3. The summed E-state index contributed by atoms with van der Waals surface area (Å²) in [7, 11) is 0. The Morgan fingerprint density at radius 3 is 1.71 bits per heavy atom. The standard InChI is InChI=1S/C10H9F9OS/c1-5(2)6(20)21-4-3-7(11,12)8(13,14)9(15,16)10(17,18)19/h1,3-4H2,2H3. The topological polar surface area (TPSA) is 17.1 Å². The van der Waals surface area contributed by atoms with E-state index in [1.54, 1.807) is 0 Å². The van der Waals surface area contributed by atoms with Crippen LogP contribution in [0.3, 0.4) is 0 Å². The summed E-state index contributed by atoms with van der Waals surface area (Å²) in [6.45, 7) is 4.30. The molecule has 0 saturated heterocycles. The molecule has 21 heavy (non-hydrogen) atoms. The van der Waals surface area contributed by atoms with E-state index in [9.17, 15) is 44.3 Å². The van der Waals surface area contributed by atoms with Crippen molar-refractivity contribution in [2.24, 2.45) is 0 Å². The van der Waals surface area contributed by atoms with Crippen molar-refractivity contribution in [3.8, 4) is 0 Å². The van der Waals surface area contributed by atoms with Gasteiger partial charge in [-0.25, -0.2) is 0 Å². The molecule has 0 aliphatic heterocycles. The molecule has 0 rings (SSSR count). The summed E-state index contributed by atoms with van der Waals surface area (Å²) in [5, 5.41) is -0.864. The minimum atomic E-state index is -6.90. The third-order valence-electron chi connectivity index (χ3n) is 2.21. The van der Waals surface area contributed by atoms with E-state index in [4.69, 9.17) is 0 Å². The van der Waals surface area contributed by atoms with Crippen LogP contribution in [0.5, 0.6) is 0 Å². The Balaban J connectivity index is 5.05. The summed E-state index contributed by atoms with van der Waals surface area (Å²) in [4.78, 5) is 10.9. The van der Waals surface area contributed by atoms with Gasteiger partial charge >= 0.3 is 23.9 Å². The normalized spacial score (nSPS) is 14.2. The highest BCUT2D eigenvalue weighted by molar-refractivity contribution is 8.14. The van der Waals surface area contributed by atoms with E-state index < -0.39 is 41.2 Å². The second-order valence-corrected chi connectivity index (χ2v) is 5.08. The SMILES string of the molecule is C=C(C)C(=O)SCCC(F)(F)C(F)(F)C(F)(F)C(F)(F)F. The van der Waals surface area contributed by atoms with Crippen LogP contribution in [0, 0.1) is 0 Å². The first-order valence-electron chi connectivity index (χ1n) is 5.10. The fraction of sp³-hybridized carbons (Fsp3) is 0.700. The predicted octanol–water partition coefficient (Wildman–Crippen LogP) is 4.68. The van der Waals surface area contributed by atoms with Crippen LogP contribution in [-0.2, 0) is 4.79 Å². The Labute approximate surface area is 117 Å². The van der Waals surface area contributed by atoms with Crippen LogP contribution in [-0.4, -0.2) is 34.8 Å². The molecule has 0 atom stereocenters. The van der Waals surface area contributed by atoms with Gasteiger partial charge in [-0.15, -0.1) is 0 Å². The van der Waals surface area contributed by atoms with Crippen LogP contribution in [0.25, 0.3) is 0 Å². The van der Waals surface area contributed by atoms with Gasteiger partial charge in [0.25, 0.3) is 0 Å². The molecule has 0 unspecified atom stereocenters. The molecule has 1 nitrogen and oxygen atoms in total. The quantitative estimate of drug-likeness (QED) is 0.512. The van der Waals surface area contributed by atoms with Gasteiger partial charge in [0.1, 0.15) is 0 Å². The number of rotatable bonds is 6. The summed E-state index contributed by atoms with van der Waals surface area (Å²) < 4.78 is 112. The van der Waals surface area contributed by atoms with Gasteiger partial charge in [0, 0.05) is 12.2 Å². The first-order chi connectivity index (χ1) is 9.08. The van der Waals surface area contributed by atoms with Crippen molar-refractivity contribution in [1.82, 2.24) is 0 Å². The summed E-state index contributed by atoms with van der Waals surface area (Å²) in [5.41, 5.74) is -0.115. The molecular formula is C10H9F9OS. The molecule has 0 aliphatic carbocycles. The van der Waals surface area contributed by atoms with Crippen molar-refractivity contribution in [2.75, 3.05) is 5.75 Å². The third-order valence-corrected chi connectivity index (χ3v) is 3.23. The van der Waals surface area contributed by atoms with Gasteiger partial charge < -0.3 is 0 Å². The van der Waals surface area contributed by atoms with Crippen LogP contribution < -0.4 is 0 Å². The van der Waals surface area contributed by atoms with E-state index in [-0.39, 0.29) is 17.3 Å². The lowest BCUT2D eigenvalue weighted by Crippen LogP contribution is -2.60. The van der Waals surface area contributed by atoms with Crippen LogP contribution in [0.15, 0.2) is 12.2 Å². The van der Waals surface area contributed by atoms with Crippen molar-refractivity contribution in [3.63, 3.8) is 0 Å². The zero-order chi connectivity index (χ0) is 17.3. The maximum absolute atomic E-state index is 13.0. The molecule has 0 bridgehead atoms. The Hall–Kier alpha value is -0.870. The molecule has 0 aromatic heterocycles. The molecule has 11 heteroatoms. The maximum Gasteiger partial charge on any atom is 0.460 e. The molecule has 0 aromatic rings. The lowest BCUT2D eigenvalue weighted by molar-refractivity contribution is -0.396. The highest BCUT2D eigenvalue weighted by Gasteiger charge is 2.81. The Bertz CT molecular complexity index is 413. The smallest absolute Gasteiger partial charge is 0.282 e. The fourth-order valence-electron chi connectivity index (χ4n) is 0.960. The fourth-order valence-corrected chi connectivity index (χ4v) is 1.75. The second kappa shape index (κ2) is 6.09. The van der Waals surface area contributed by atoms with Crippen LogP contribution in [0.4, 0.5) is 39.5 Å². The van der Waals surface area contributed by atoms with Gasteiger partial charge in [-0.3, -0.25) is 4.79 Å². The molecule has 0 N–H and O–H groups in total.